The Labute approximate surface area is 148 Å². The molecular weight excluding hydrogens is 330 g/mol. The van der Waals surface area contributed by atoms with Gasteiger partial charge in [0.15, 0.2) is 0 Å². The van der Waals surface area contributed by atoms with Gasteiger partial charge in [-0.2, -0.15) is 15.5 Å². The maximum absolute atomic E-state index is 12.4. The highest BCUT2D eigenvalue weighted by molar-refractivity contribution is 6.03. The van der Waals surface area contributed by atoms with E-state index in [4.69, 9.17) is 5.26 Å². The molecule has 0 aliphatic rings. The van der Waals surface area contributed by atoms with Crippen molar-refractivity contribution in [2.24, 2.45) is 7.05 Å². The number of rotatable bonds is 3. The fourth-order valence-corrected chi connectivity index (χ4v) is 2.61. The van der Waals surface area contributed by atoms with E-state index < -0.39 is 0 Å². The van der Waals surface area contributed by atoms with E-state index in [0.29, 0.717) is 11.3 Å². The number of nitrogens with zero attached hydrogens (tertiary/aromatic N) is 6. The van der Waals surface area contributed by atoms with Crippen LogP contribution in [0.25, 0.3) is 16.6 Å². The van der Waals surface area contributed by atoms with E-state index in [-0.39, 0.29) is 11.6 Å². The lowest BCUT2D eigenvalue weighted by Gasteiger charge is -2.06. The molecule has 0 saturated heterocycles. The molecule has 1 amide bonds. The molecule has 8 nitrogen and oxygen atoms in total. The highest BCUT2D eigenvalue weighted by Gasteiger charge is 2.11. The minimum absolute atomic E-state index is 0.241. The van der Waals surface area contributed by atoms with Gasteiger partial charge in [-0.3, -0.25) is 9.48 Å². The molecule has 8 heteroatoms. The predicted molar refractivity (Wildman–Crippen MR) is 94.7 cm³/mol. The summed E-state index contributed by atoms with van der Waals surface area (Å²) in [5.41, 5.74) is 2.95. The Hall–Kier alpha value is -3.99. The average Bonchev–Trinajstić information content (AvgIpc) is 3.27. The van der Waals surface area contributed by atoms with Crippen molar-refractivity contribution in [1.82, 2.24) is 24.5 Å². The first kappa shape index (κ1) is 15.5. The number of hydrogen-bond acceptors (Lipinski definition) is 5. The number of pyridine rings is 1. The Morgan fingerprint density at radius 2 is 2.04 bits per heavy atom. The summed E-state index contributed by atoms with van der Waals surface area (Å²) in [6.45, 7) is 0. The lowest BCUT2D eigenvalue weighted by atomic mass is 10.2. The highest BCUT2D eigenvalue weighted by atomic mass is 16.1. The minimum Gasteiger partial charge on any atom is -0.321 e. The topological polar surface area (TPSA) is 101 Å². The van der Waals surface area contributed by atoms with Gasteiger partial charge >= 0.3 is 0 Å². The van der Waals surface area contributed by atoms with Crippen LogP contribution in [0.1, 0.15) is 16.1 Å². The van der Waals surface area contributed by atoms with Gasteiger partial charge in [-0.1, -0.05) is 0 Å². The number of nitriles is 1. The Morgan fingerprint density at radius 1 is 1.15 bits per heavy atom. The number of aromatic nitrogens is 5. The Balaban J connectivity index is 1.64. The number of carbonyl (C=O) groups is 1. The van der Waals surface area contributed by atoms with E-state index in [1.165, 1.54) is 12.3 Å². The quantitative estimate of drug-likeness (QED) is 0.615. The number of amides is 1. The van der Waals surface area contributed by atoms with E-state index in [1.807, 2.05) is 31.4 Å². The van der Waals surface area contributed by atoms with E-state index in [2.05, 4.69) is 20.5 Å². The number of aryl methyl sites for hydroxylation is 1. The summed E-state index contributed by atoms with van der Waals surface area (Å²) in [6.07, 6.45) is 6.71. The Morgan fingerprint density at radius 3 is 2.73 bits per heavy atom. The van der Waals surface area contributed by atoms with Crippen molar-refractivity contribution in [1.29, 1.82) is 5.26 Å². The summed E-state index contributed by atoms with van der Waals surface area (Å²) >= 11 is 0. The maximum Gasteiger partial charge on any atom is 0.274 e. The normalized spacial score (nSPS) is 10.6. The van der Waals surface area contributed by atoms with Gasteiger partial charge in [0.2, 0.25) is 0 Å². The monoisotopic (exact) mass is 343 g/mol. The molecule has 3 heterocycles. The molecule has 4 aromatic rings. The molecule has 0 fully saturated rings. The molecule has 26 heavy (non-hydrogen) atoms. The summed E-state index contributed by atoms with van der Waals surface area (Å²) in [7, 11) is 1.84. The fourth-order valence-electron chi connectivity index (χ4n) is 2.61. The Bertz CT molecular complexity index is 1150. The van der Waals surface area contributed by atoms with Gasteiger partial charge in [0, 0.05) is 24.3 Å². The van der Waals surface area contributed by atoms with Crippen molar-refractivity contribution in [3.63, 3.8) is 0 Å². The molecular formula is C18H13N7O. The molecule has 3 aromatic heterocycles. The third-order valence-electron chi connectivity index (χ3n) is 3.89. The predicted octanol–water partition coefficient (Wildman–Crippen LogP) is 2.28. The van der Waals surface area contributed by atoms with E-state index in [0.717, 1.165) is 16.6 Å². The second-order valence-electron chi connectivity index (χ2n) is 5.70. The van der Waals surface area contributed by atoms with E-state index in [9.17, 15) is 4.79 Å². The first-order valence-corrected chi connectivity index (χ1v) is 7.78. The van der Waals surface area contributed by atoms with Crippen LogP contribution >= 0.6 is 0 Å². The fraction of sp³-hybridized carbons (Fsp3) is 0.0556. The first-order chi connectivity index (χ1) is 12.6. The zero-order valence-electron chi connectivity index (χ0n) is 13.8. The van der Waals surface area contributed by atoms with Gasteiger partial charge < -0.3 is 5.32 Å². The van der Waals surface area contributed by atoms with E-state index in [1.54, 1.807) is 33.9 Å². The molecule has 0 spiro atoms. The van der Waals surface area contributed by atoms with Crippen molar-refractivity contribution in [3.05, 3.63) is 66.4 Å². The molecule has 0 saturated carbocycles. The molecule has 0 bridgehead atoms. The van der Waals surface area contributed by atoms with Crippen LogP contribution in [-0.2, 0) is 7.05 Å². The van der Waals surface area contributed by atoms with Crippen LogP contribution < -0.4 is 5.32 Å². The average molecular weight is 343 g/mol. The lowest BCUT2D eigenvalue weighted by molar-refractivity contribution is 0.102. The highest BCUT2D eigenvalue weighted by Crippen LogP contribution is 2.22. The second kappa shape index (κ2) is 6.14. The molecule has 0 aliphatic heterocycles. The second-order valence-corrected chi connectivity index (χ2v) is 5.70. The smallest absolute Gasteiger partial charge is 0.274 e. The van der Waals surface area contributed by atoms with Crippen LogP contribution in [0, 0.1) is 11.3 Å². The Kier molecular flexibility index (Phi) is 3.67. The van der Waals surface area contributed by atoms with Crippen LogP contribution in [0.5, 0.6) is 0 Å². The van der Waals surface area contributed by atoms with Crippen LogP contribution in [0.2, 0.25) is 0 Å². The van der Waals surface area contributed by atoms with Crippen molar-refractivity contribution in [2.75, 3.05) is 5.32 Å². The molecule has 126 valence electrons. The van der Waals surface area contributed by atoms with Crippen LogP contribution in [0.3, 0.4) is 0 Å². The number of anilines is 1. The van der Waals surface area contributed by atoms with Gasteiger partial charge in [-0.05, 0) is 30.3 Å². The number of benzene rings is 1. The number of hydrogen-bond donors (Lipinski definition) is 1. The number of carbonyl (C=O) groups excluding carboxylic acids is 1. The van der Waals surface area contributed by atoms with Gasteiger partial charge in [-0.25, -0.2) is 9.67 Å². The summed E-state index contributed by atoms with van der Waals surface area (Å²) < 4.78 is 3.46. The van der Waals surface area contributed by atoms with Gasteiger partial charge in [0.25, 0.3) is 5.91 Å². The summed E-state index contributed by atoms with van der Waals surface area (Å²) in [6, 6.07) is 10.6. The third-order valence-corrected chi connectivity index (χ3v) is 3.89. The zero-order valence-corrected chi connectivity index (χ0v) is 13.8. The number of nitrogens with one attached hydrogen (secondary N) is 1. The van der Waals surface area contributed by atoms with Gasteiger partial charge in [0.1, 0.15) is 17.5 Å². The minimum atomic E-state index is -0.346. The summed E-state index contributed by atoms with van der Waals surface area (Å²) in [5, 5.41) is 21.1. The molecule has 1 N–H and O–H groups in total. The molecule has 0 unspecified atom stereocenters. The van der Waals surface area contributed by atoms with Crippen molar-refractivity contribution < 1.29 is 4.79 Å². The molecule has 0 radical (unpaired) electrons. The lowest BCUT2D eigenvalue weighted by Crippen LogP contribution is -2.13. The summed E-state index contributed by atoms with van der Waals surface area (Å²) in [4.78, 5) is 16.4. The SMILES string of the molecule is Cn1cc(-n2ncc3ccc(NC(=O)c4ccc(C#N)cn4)cc32)cn1. The standard InChI is InChI=1S/C18H13N7O/c1-24-11-15(10-21-24)25-17-6-14(4-3-13(17)9-22-25)23-18(26)16-5-2-12(7-19)8-20-16/h2-6,8-11H,1H3,(H,23,26). The maximum atomic E-state index is 12.4. The molecule has 1 aromatic carbocycles. The molecule has 4 rings (SSSR count). The zero-order chi connectivity index (χ0) is 18.1. The van der Waals surface area contributed by atoms with Crippen molar-refractivity contribution >= 4 is 22.5 Å². The first-order valence-electron chi connectivity index (χ1n) is 7.78. The van der Waals surface area contributed by atoms with E-state index >= 15 is 0 Å². The van der Waals surface area contributed by atoms with Crippen molar-refractivity contribution in [2.45, 2.75) is 0 Å². The summed E-state index contributed by atoms with van der Waals surface area (Å²) in [5.74, 6) is -0.346. The van der Waals surface area contributed by atoms with Gasteiger partial charge in [-0.15, -0.1) is 0 Å². The van der Waals surface area contributed by atoms with Crippen LogP contribution in [0.4, 0.5) is 5.69 Å². The van der Waals surface area contributed by atoms with Crippen molar-refractivity contribution in [3.8, 4) is 11.8 Å². The third kappa shape index (κ3) is 2.78. The van der Waals surface area contributed by atoms with Gasteiger partial charge in [0.05, 0.1) is 29.7 Å². The van der Waals surface area contributed by atoms with Crippen LogP contribution in [0.15, 0.2) is 55.1 Å². The van der Waals surface area contributed by atoms with Crippen LogP contribution in [-0.4, -0.2) is 30.5 Å². The molecule has 0 atom stereocenters. The number of fused-ring (bicyclic) bond motifs is 1. The largest absolute Gasteiger partial charge is 0.321 e. The molecule has 0 aliphatic carbocycles.